The van der Waals surface area contributed by atoms with E-state index in [1.807, 2.05) is 12.1 Å². The normalized spacial score (nSPS) is 41.8. The summed E-state index contributed by atoms with van der Waals surface area (Å²) >= 11 is 0. The first-order valence-electron chi connectivity index (χ1n) is 17.0. The van der Waals surface area contributed by atoms with Crippen LogP contribution in [-0.4, -0.2) is 31.7 Å². The van der Waals surface area contributed by atoms with E-state index in [0.717, 1.165) is 69.6 Å². The summed E-state index contributed by atoms with van der Waals surface area (Å²) in [5, 5.41) is 10.6. The number of sulfonamides is 1. The molecule has 6 rings (SSSR count). The van der Waals surface area contributed by atoms with Crippen LogP contribution in [0.15, 0.2) is 42.5 Å². The Morgan fingerprint density at radius 3 is 2.16 bits per heavy atom. The van der Waals surface area contributed by atoms with Crippen LogP contribution in [0.25, 0.3) is 5.57 Å². The fraction of sp³-hybridized carbons (Fsp3) is 0.684. The maximum atomic E-state index is 13.0. The Morgan fingerprint density at radius 1 is 0.889 bits per heavy atom. The quantitative estimate of drug-likeness (QED) is 0.319. The number of benzene rings is 1. The van der Waals surface area contributed by atoms with Crippen molar-refractivity contribution in [2.24, 2.45) is 56.7 Å². The summed E-state index contributed by atoms with van der Waals surface area (Å²) in [6.45, 7) is 19.0. The van der Waals surface area contributed by atoms with E-state index in [9.17, 15) is 23.1 Å². The van der Waals surface area contributed by atoms with Crippen LogP contribution in [0.5, 0.6) is 0 Å². The monoisotopic (exact) mass is 635 g/mol. The Morgan fingerprint density at radius 2 is 1.56 bits per heavy atom. The number of fused-ring (bicyclic) bond motifs is 7. The number of carboxylic acid groups (broad SMARTS) is 1. The minimum absolute atomic E-state index is 0.0792. The lowest BCUT2D eigenvalue weighted by Crippen LogP contribution is -2.65. The summed E-state index contributed by atoms with van der Waals surface area (Å²) in [5.74, 6) is 0.775. The van der Waals surface area contributed by atoms with Gasteiger partial charge in [-0.25, -0.2) is 13.1 Å². The summed E-state index contributed by atoms with van der Waals surface area (Å²) in [7, 11) is -3.63. The number of carbonyl (C=O) groups excluding carboxylic acids is 1. The van der Waals surface area contributed by atoms with Crippen LogP contribution >= 0.6 is 0 Å². The van der Waals surface area contributed by atoms with Gasteiger partial charge in [-0.1, -0.05) is 65.0 Å². The molecule has 7 heteroatoms. The van der Waals surface area contributed by atoms with Crippen molar-refractivity contribution >= 4 is 27.5 Å². The zero-order valence-corrected chi connectivity index (χ0v) is 29.1. The van der Waals surface area contributed by atoms with E-state index in [0.29, 0.717) is 29.2 Å². The molecule has 1 aromatic carbocycles. The zero-order valence-electron chi connectivity index (χ0n) is 28.3. The molecule has 0 spiro atoms. The number of allylic oxidation sites excluding steroid dienone is 3. The largest absolute Gasteiger partial charge is 0.481 e. The number of nitrogens with one attached hydrogen (secondary N) is 1. The number of carbonyl (C=O) groups is 2. The van der Waals surface area contributed by atoms with Gasteiger partial charge in [0.2, 0.25) is 10.0 Å². The summed E-state index contributed by atoms with van der Waals surface area (Å²) in [6, 6.07) is 7.37. The van der Waals surface area contributed by atoms with E-state index in [1.165, 1.54) is 11.1 Å². The molecule has 3 unspecified atom stereocenters. The van der Waals surface area contributed by atoms with E-state index in [-0.39, 0.29) is 27.6 Å². The Bertz CT molecular complexity index is 1570. The number of carboxylic acids is 1. The third-order valence-corrected chi connectivity index (χ3v) is 15.4. The first-order valence-corrected chi connectivity index (χ1v) is 18.9. The minimum atomic E-state index is -3.63. The van der Waals surface area contributed by atoms with Crippen LogP contribution in [0.2, 0.25) is 0 Å². The van der Waals surface area contributed by atoms with Gasteiger partial charge in [0.05, 0.1) is 11.7 Å². The molecule has 6 nitrogen and oxygen atoms in total. The van der Waals surface area contributed by atoms with Crippen molar-refractivity contribution in [2.75, 3.05) is 6.26 Å². The van der Waals surface area contributed by atoms with Gasteiger partial charge in [0.15, 0.2) is 0 Å². The molecule has 5 aliphatic carbocycles. The Kier molecular flexibility index (Phi) is 7.44. The van der Waals surface area contributed by atoms with Gasteiger partial charge in [0.25, 0.3) is 5.91 Å². The van der Waals surface area contributed by atoms with E-state index >= 15 is 0 Å². The van der Waals surface area contributed by atoms with Crippen molar-refractivity contribution in [3.63, 3.8) is 0 Å². The molecule has 0 saturated heterocycles. The first-order chi connectivity index (χ1) is 20.8. The smallest absolute Gasteiger partial charge is 0.309 e. The molecule has 4 saturated carbocycles. The standard InChI is InChI=1S/C38H53NO5S/c1-23(2)26-15-20-38(33(41)42)22-21-36(6)28(31(26)38)13-14-30-35(5)18-16-27(34(3,4)29(35)17-19-37(30,36)7)24-9-11-25(12-10-24)32(40)39-45(8,43)44/h9-12,16,26,28-31H,1,13-15,17-22H2,2-8H3,(H,39,40)(H,41,42)/t26-,28+,29?,30?,31?,35-,36+,37+,38-/m0/s1. The average Bonchev–Trinajstić information content (AvgIpc) is 3.34. The van der Waals surface area contributed by atoms with Crippen LogP contribution < -0.4 is 4.72 Å². The molecule has 1 amide bonds. The van der Waals surface area contributed by atoms with Gasteiger partial charge >= 0.3 is 5.97 Å². The molecule has 45 heavy (non-hydrogen) atoms. The molecular weight excluding hydrogens is 582 g/mol. The Balaban J connectivity index is 1.32. The predicted molar refractivity (Wildman–Crippen MR) is 179 cm³/mol. The maximum Gasteiger partial charge on any atom is 0.309 e. The fourth-order valence-electron chi connectivity index (χ4n) is 12.6. The highest BCUT2D eigenvalue weighted by Crippen LogP contribution is 2.77. The third-order valence-electron chi connectivity index (χ3n) is 14.8. The van der Waals surface area contributed by atoms with Gasteiger partial charge in [-0.05, 0) is 139 Å². The summed E-state index contributed by atoms with van der Waals surface area (Å²) in [6.07, 6.45) is 12.6. The zero-order chi connectivity index (χ0) is 33.0. The van der Waals surface area contributed by atoms with Crippen molar-refractivity contribution < 1.29 is 23.1 Å². The Labute approximate surface area is 270 Å². The molecule has 0 aromatic heterocycles. The van der Waals surface area contributed by atoms with Crippen molar-refractivity contribution in [3.05, 3.63) is 53.6 Å². The number of hydrogen-bond donors (Lipinski definition) is 2. The van der Waals surface area contributed by atoms with Crippen LogP contribution in [-0.2, 0) is 14.8 Å². The van der Waals surface area contributed by atoms with Crippen molar-refractivity contribution in [2.45, 2.75) is 99.3 Å². The molecule has 246 valence electrons. The number of amides is 1. The maximum absolute atomic E-state index is 13.0. The van der Waals surface area contributed by atoms with Gasteiger partial charge in [-0.3, -0.25) is 9.59 Å². The highest BCUT2D eigenvalue weighted by atomic mass is 32.2. The van der Waals surface area contributed by atoms with E-state index in [4.69, 9.17) is 0 Å². The van der Waals surface area contributed by atoms with Crippen molar-refractivity contribution in [1.29, 1.82) is 0 Å². The lowest BCUT2D eigenvalue weighted by atomic mass is 9.32. The van der Waals surface area contributed by atoms with E-state index in [1.54, 1.807) is 12.1 Å². The molecule has 5 aliphatic rings. The van der Waals surface area contributed by atoms with Crippen LogP contribution in [0.3, 0.4) is 0 Å². The highest BCUT2D eigenvalue weighted by molar-refractivity contribution is 7.89. The second-order valence-electron chi connectivity index (χ2n) is 17.0. The lowest BCUT2D eigenvalue weighted by Gasteiger charge is -2.72. The van der Waals surface area contributed by atoms with Crippen LogP contribution in [0.1, 0.15) is 115 Å². The average molecular weight is 636 g/mol. The molecule has 2 N–H and O–H groups in total. The molecular formula is C38H53NO5S. The molecule has 4 fully saturated rings. The summed E-state index contributed by atoms with van der Waals surface area (Å²) < 4.78 is 25.2. The molecule has 9 atom stereocenters. The third kappa shape index (κ3) is 4.56. The second kappa shape index (κ2) is 10.3. The van der Waals surface area contributed by atoms with E-state index in [2.05, 4.69) is 58.9 Å². The topological polar surface area (TPSA) is 101 Å². The molecule has 0 aliphatic heterocycles. The first kappa shape index (κ1) is 32.5. The van der Waals surface area contributed by atoms with Crippen LogP contribution in [0.4, 0.5) is 0 Å². The van der Waals surface area contributed by atoms with Gasteiger partial charge < -0.3 is 5.11 Å². The number of aliphatic carboxylic acids is 1. The Hall–Kier alpha value is -2.41. The fourth-order valence-corrected chi connectivity index (χ4v) is 13.1. The summed E-state index contributed by atoms with van der Waals surface area (Å²) in [4.78, 5) is 25.4. The van der Waals surface area contributed by atoms with Gasteiger partial charge in [-0.15, -0.1) is 0 Å². The molecule has 0 radical (unpaired) electrons. The second-order valence-corrected chi connectivity index (χ2v) is 18.7. The minimum Gasteiger partial charge on any atom is -0.481 e. The number of hydrogen-bond acceptors (Lipinski definition) is 4. The van der Waals surface area contributed by atoms with Gasteiger partial charge in [0, 0.05) is 5.56 Å². The SMILES string of the molecule is C=C(C)[C@@H]1CC[C@]2(C(=O)O)CC[C@]3(C)[C@H](CCC4[C@@]5(C)CC=C(c6ccc(C(=O)NS(C)(=O)=O)cc6)C(C)(C)C5CC[C@]43C)C12. The number of rotatable bonds is 5. The molecule has 0 bridgehead atoms. The van der Waals surface area contributed by atoms with Crippen LogP contribution in [0, 0.1) is 56.7 Å². The highest BCUT2D eigenvalue weighted by Gasteiger charge is 2.71. The predicted octanol–water partition coefficient (Wildman–Crippen LogP) is 8.11. The van der Waals surface area contributed by atoms with Crippen molar-refractivity contribution in [1.82, 2.24) is 4.72 Å². The van der Waals surface area contributed by atoms with E-state index < -0.39 is 27.3 Å². The lowest BCUT2D eigenvalue weighted by molar-refractivity contribution is -0.227. The van der Waals surface area contributed by atoms with Gasteiger partial charge in [-0.2, -0.15) is 0 Å². The summed E-state index contributed by atoms with van der Waals surface area (Å²) in [5.41, 5.74) is 3.60. The molecule has 0 heterocycles. The van der Waals surface area contributed by atoms with Gasteiger partial charge in [0.1, 0.15) is 0 Å². The van der Waals surface area contributed by atoms with Crippen molar-refractivity contribution in [3.8, 4) is 0 Å². The molecule has 1 aromatic rings.